The second-order valence-corrected chi connectivity index (χ2v) is 5.22. The Morgan fingerprint density at radius 2 is 2.33 bits per heavy atom. The van der Waals surface area contributed by atoms with Crippen molar-refractivity contribution in [2.24, 2.45) is 0 Å². The van der Waals surface area contributed by atoms with Crippen molar-refractivity contribution in [3.05, 3.63) is 50.8 Å². The van der Waals surface area contributed by atoms with Gasteiger partial charge in [-0.2, -0.15) is 4.98 Å². The third-order valence-corrected chi connectivity index (χ3v) is 3.84. The third kappa shape index (κ3) is 3.27. The summed E-state index contributed by atoms with van der Waals surface area (Å²) in [4.78, 5) is 16.8. The van der Waals surface area contributed by atoms with E-state index in [1.807, 2.05) is 19.1 Å². The molecule has 0 saturated carbocycles. The van der Waals surface area contributed by atoms with E-state index in [-0.39, 0.29) is 5.69 Å². The normalized spacial score (nSPS) is 12.6. The molecule has 0 aliphatic heterocycles. The third-order valence-electron chi connectivity index (χ3n) is 2.79. The maximum absolute atomic E-state index is 11.6. The van der Waals surface area contributed by atoms with E-state index < -0.39 is 0 Å². The number of nitrogens with one attached hydrogen (secondary N) is 1. The molecule has 0 fully saturated rings. The van der Waals surface area contributed by atoms with Gasteiger partial charge in [0.25, 0.3) is 0 Å². The topological polar surface area (TPSA) is 46.9 Å². The Kier molecular flexibility index (Phi) is 4.28. The molecule has 0 spiro atoms. The van der Waals surface area contributed by atoms with Gasteiger partial charge in [-0.25, -0.2) is 4.79 Å². The summed E-state index contributed by atoms with van der Waals surface area (Å²) in [6, 6.07) is 6.33. The van der Waals surface area contributed by atoms with E-state index >= 15 is 0 Å². The molecule has 2 aromatic rings. The van der Waals surface area contributed by atoms with E-state index in [1.54, 1.807) is 22.1 Å². The molecule has 1 N–H and O–H groups in total. The Bertz CT molecular complexity index is 548. The second-order valence-electron chi connectivity index (χ2n) is 4.24. The fourth-order valence-electron chi connectivity index (χ4n) is 1.72. The predicted molar refractivity (Wildman–Crippen MR) is 74.0 cm³/mol. The van der Waals surface area contributed by atoms with Crippen molar-refractivity contribution in [1.82, 2.24) is 14.9 Å². The van der Waals surface area contributed by atoms with E-state index in [0.717, 1.165) is 12.2 Å². The van der Waals surface area contributed by atoms with Crippen LogP contribution in [0.2, 0.25) is 0 Å². The first-order chi connectivity index (χ1) is 8.66. The summed E-state index contributed by atoms with van der Waals surface area (Å²) in [6.45, 7) is 5.34. The fourth-order valence-corrected chi connectivity index (χ4v) is 2.48. The molecule has 2 rings (SSSR count). The minimum absolute atomic E-state index is 0.180. The molecule has 0 bridgehead atoms. The number of thiophene rings is 1. The zero-order chi connectivity index (χ0) is 13.0. The lowest BCUT2D eigenvalue weighted by Gasteiger charge is -2.12. The molecule has 18 heavy (non-hydrogen) atoms. The van der Waals surface area contributed by atoms with Gasteiger partial charge in [0.05, 0.1) is 0 Å². The van der Waals surface area contributed by atoms with Crippen molar-refractivity contribution in [2.45, 2.75) is 26.4 Å². The van der Waals surface area contributed by atoms with Crippen molar-refractivity contribution in [3.8, 4) is 0 Å². The Morgan fingerprint density at radius 1 is 1.50 bits per heavy atom. The van der Waals surface area contributed by atoms with Gasteiger partial charge >= 0.3 is 5.69 Å². The van der Waals surface area contributed by atoms with Gasteiger partial charge in [-0.05, 0) is 31.4 Å². The monoisotopic (exact) mass is 263 g/mol. The van der Waals surface area contributed by atoms with Gasteiger partial charge < -0.3 is 5.32 Å². The van der Waals surface area contributed by atoms with Crippen LogP contribution in [0.25, 0.3) is 0 Å². The minimum Gasteiger partial charge on any atom is -0.308 e. The van der Waals surface area contributed by atoms with Crippen molar-refractivity contribution in [2.75, 3.05) is 6.54 Å². The summed E-state index contributed by atoms with van der Waals surface area (Å²) >= 11 is 1.74. The van der Waals surface area contributed by atoms with E-state index in [1.165, 1.54) is 4.88 Å². The quantitative estimate of drug-likeness (QED) is 0.897. The summed E-state index contributed by atoms with van der Waals surface area (Å²) in [6.07, 6.45) is 1.79. The predicted octanol–water partition coefficient (Wildman–Crippen LogP) is 1.96. The maximum atomic E-state index is 11.6. The zero-order valence-electron chi connectivity index (χ0n) is 10.6. The fraction of sp³-hybridized carbons (Fsp3) is 0.385. The SMILES string of the molecule is Cc1ccn(CCNC(C)c2cccs2)c(=O)n1. The summed E-state index contributed by atoms with van der Waals surface area (Å²) < 4.78 is 1.63. The molecule has 5 heteroatoms. The number of aryl methyl sites for hydroxylation is 1. The Labute approximate surface area is 110 Å². The van der Waals surface area contributed by atoms with Crippen LogP contribution in [0.1, 0.15) is 23.5 Å². The molecule has 2 heterocycles. The highest BCUT2D eigenvalue weighted by atomic mass is 32.1. The number of hydrogen-bond donors (Lipinski definition) is 1. The first-order valence-electron chi connectivity index (χ1n) is 5.97. The van der Waals surface area contributed by atoms with Crippen LogP contribution in [0, 0.1) is 6.92 Å². The van der Waals surface area contributed by atoms with Crippen molar-refractivity contribution in [1.29, 1.82) is 0 Å². The van der Waals surface area contributed by atoms with Crippen molar-refractivity contribution < 1.29 is 0 Å². The van der Waals surface area contributed by atoms with Crippen LogP contribution in [0.4, 0.5) is 0 Å². The lowest BCUT2D eigenvalue weighted by Crippen LogP contribution is -2.29. The van der Waals surface area contributed by atoms with Crippen LogP contribution in [0.5, 0.6) is 0 Å². The van der Waals surface area contributed by atoms with E-state index in [4.69, 9.17) is 0 Å². The molecule has 0 aliphatic rings. The number of nitrogens with zero attached hydrogens (tertiary/aromatic N) is 2. The molecular weight excluding hydrogens is 246 g/mol. The molecule has 0 saturated heterocycles. The summed E-state index contributed by atoms with van der Waals surface area (Å²) in [5, 5.41) is 5.47. The molecular formula is C13H17N3OS. The summed E-state index contributed by atoms with van der Waals surface area (Å²) in [5.41, 5.74) is 0.580. The lowest BCUT2D eigenvalue weighted by molar-refractivity contribution is 0.524. The molecule has 0 aromatic carbocycles. The zero-order valence-corrected chi connectivity index (χ0v) is 11.4. The van der Waals surface area contributed by atoms with Crippen LogP contribution in [-0.4, -0.2) is 16.1 Å². The van der Waals surface area contributed by atoms with Gasteiger partial charge in [0.2, 0.25) is 0 Å². The lowest BCUT2D eigenvalue weighted by atomic mass is 10.3. The van der Waals surface area contributed by atoms with E-state index in [2.05, 4.69) is 28.7 Å². The molecule has 0 amide bonds. The highest BCUT2D eigenvalue weighted by molar-refractivity contribution is 7.10. The standard InChI is InChI=1S/C13H17N3OS/c1-10-5-7-16(13(17)15-10)8-6-14-11(2)12-4-3-9-18-12/h3-5,7,9,11,14H,6,8H2,1-2H3. The average molecular weight is 263 g/mol. The first-order valence-corrected chi connectivity index (χ1v) is 6.85. The van der Waals surface area contributed by atoms with Gasteiger partial charge in [-0.1, -0.05) is 6.07 Å². The second kappa shape index (κ2) is 5.93. The Morgan fingerprint density at radius 3 is 3.00 bits per heavy atom. The van der Waals surface area contributed by atoms with Crippen LogP contribution in [0.3, 0.4) is 0 Å². The van der Waals surface area contributed by atoms with Gasteiger partial charge in [0.1, 0.15) is 0 Å². The average Bonchev–Trinajstić information content (AvgIpc) is 2.85. The largest absolute Gasteiger partial charge is 0.347 e. The molecule has 1 unspecified atom stereocenters. The van der Waals surface area contributed by atoms with Gasteiger partial charge in [0.15, 0.2) is 0 Å². The summed E-state index contributed by atoms with van der Waals surface area (Å²) in [7, 11) is 0. The van der Waals surface area contributed by atoms with Gasteiger partial charge in [-0.3, -0.25) is 4.57 Å². The van der Waals surface area contributed by atoms with Gasteiger partial charge in [0, 0.05) is 35.9 Å². The first kappa shape index (κ1) is 13.0. The smallest absolute Gasteiger partial charge is 0.308 e. The van der Waals surface area contributed by atoms with Crippen LogP contribution in [-0.2, 0) is 6.54 Å². The molecule has 96 valence electrons. The molecule has 2 aromatic heterocycles. The van der Waals surface area contributed by atoms with Gasteiger partial charge in [-0.15, -0.1) is 11.3 Å². The number of rotatable bonds is 5. The van der Waals surface area contributed by atoms with Crippen LogP contribution in [0.15, 0.2) is 34.6 Å². The Balaban J connectivity index is 1.87. The van der Waals surface area contributed by atoms with Crippen molar-refractivity contribution >= 4 is 11.3 Å². The van der Waals surface area contributed by atoms with Crippen LogP contribution < -0.4 is 11.0 Å². The highest BCUT2D eigenvalue weighted by Crippen LogP contribution is 2.17. The summed E-state index contributed by atoms with van der Waals surface area (Å²) in [5.74, 6) is 0. The molecule has 4 nitrogen and oxygen atoms in total. The number of aromatic nitrogens is 2. The molecule has 0 radical (unpaired) electrons. The maximum Gasteiger partial charge on any atom is 0.347 e. The molecule has 0 aliphatic carbocycles. The highest BCUT2D eigenvalue weighted by Gasteiger charge is 2.05. The van der Waals surface area contributed by atoms with Crippen molar-refractivity contribution in [3.63, 3.8) is 0 Å². The van der Waals surface area contributed by atoms with E-state index in [9.17, 15) is 4.79 Å². The molecule has 1 atom stereocenters. The van der Waals surface area contributed by atoms with Crippen LogP contribution >= 0.6 is 11.3 Å². The van der Waals surface area contributed by atoms with E-state index in [0.29, 0.717) is 12.6 Å². The minimum atomic E-state index is -0.180. The number of hydrogen-bond acceptors (Lipinski definition) is 4. The Hall–Kier alpha value is -1.46.